The lowest BCUT2D eigenvalue weighted by molar-refractivity contribution is -0.385. The maximum absolute atomic E-state index is 12.8. The zero-order chi connectivity index (χ0) is 12.6. The van der Waals surface area contributed by atoms with E-state index in [4.69, 9.17) is 5.11 Å². The summed E-state index contributed by atoms with van der Waals surface area (Å²) in [5, 5.41) is 19.6. The Bertz CT molecular complexity index is 447. The molecule has 0 atom stereocenters. The molecule has 1 aliphatic heterocycles. The molecule has 0 radical (unpaired) electrons. The van der Waals surface area contributed by atoms with Crippen molar-refractivity contribution < 1.29 is 18.8 Å². The summed E-state index contributed by atoms with van der Waals surface area (Å²) >= 11 is 0. The second-order valence-electron chi connectivity index (χ2n) is 3.86. The Morgan fingerprint density at radius 2 is 2.12 bits per heavy atom. The third kappa shape index (κ3) is 2.19. The zero-order valence-electron chi connectivity index (χ0n) is 8.72. The standard InChI is InChI=1S/C10H10F2N2O3/c11-10(12)8-3-6(14(16)17)1-2-9(8)13-4-7(15)5-13/h1-3,7,10,15H,4-5H2. The van der Waals surface area contributed by atoms with Crippen LogP contribution in [0.4, 0.5) is 20.2 Å². The van der Waals surface area contributed by atoms with Gasteiger partial charge < -0.3 is 10.0 Å². The third-order valence-electron chi connectivity index (χ3n) is 2.66. The minimum Gasteiger partial charge on any atom is -0.389 e. The number of alkyl halides is 2. The number of aliphatic hydroxyl groups excluding tert-OH is 1. The lowest BCUT2D eigenvalue weighted by atomic mass is 10.1. The van der Waals surface area contributed by atoms with Crippen molar-refractivity contribution >= 4 is 11.4 Å². The van der Waals surface area contributed by atoms with Gasteiger partial charge in [-0.15, -0.1) is 0 Å². The van der Waals surface area contributed by atoms with Crippen molar-refractivity contribution in [3.05, 3.63) is 33.9 Å². The lowest BCUT2D eigenvalue weighted by Crippen LogP contribution is -2.51. The second-order valence-corrected chi connectivity index (χ2v) is 3.86. The molecule has 92 valence electrons. The van der Waals surface area contributed by atoms with Crippen LogP contribution in [-0.2, 0) is 0 Å². The summed E-state index contributed by atoms with van der Waals surface area (Å²) in [4.78, 5) is 11.4. The van der Waals surface area contributed by atoms with Crippen molar-refractivity contribution in [3.8, 4) is 0 Å². The molecule has 7 heteroatoms. The Morgan fingerprint density at radius 1 is 1.47 bits per heavy atom. The molecular weight excluding hydrogens is 234 g/mol. The van der Waals surface area contributed by atoms with E-state index in [9.17, 15) is 18.9 Å². The van der Waals surface area contributed by atoms with E-state index in [1.54, 1.807) is 4.90 Å². The molecule has 1 fully saturated rings. The number of aliphatic hydroxyl groups is 1. The van der Waals surface area contributed by atoms with E-state index in [1.807, 2.05) is 0 Å². The van der Waals surface area contributed by atoms with Crippen LogP contribution in [0.2, 0.25) is 0 Å². The molecule has 1 aromatic rings. The first-order chi connectivity index (χ1) is 7.99. The van der Waals surface area contributed by atoms with Crippen molar-refractivity contribution in [2.75, 3.05) is 18.0 Å². The number of β-amino-alcohol motifs (C(OH)–C–C–N with tert-alkyl or cyclic N) is 1. The van der Waals surface area contributed by atoms with Gasteiger partial charge in [-0.05, 0) is 6.07 Å². The van der Waals surface area contributed by atoms with E-state index in [0.717, 1.165) is 6.07 Å². The molecule has 1 N–H and O–H groups in total. The molecule has 0 unspecified atom stereocenters. The van der Waals surface area contributed by atoms with E-state index < -0.39 is 17.5 Å². The van der Waals surface area contributed by atoms with Gasteiger partial charge in [-0.25, -0.2) is 8.78 Å². The quantitative estimate of drug-likeness (QED) is 0.649. The molecule has 1 saturated heterocycles. The average Bonchev–Trinajstić information content (AvgIpc) is 2.24. The Morgan fingerprint density at radius 3 is 2.59 bits per heavy atom. The second kappa shape index (κ2) is 4.25. The molecule has 1 heterocycles. The van der Waals surface area contributed by atoms with Crippen LogP contribution in [0.5, 0.6) is 0 Å². The van der Waals surface area contributed by atoms with E-state index in [2.05, 4.69) is 0 Å². The number of halogens is 2. The Kier molecular flexibility index (Phi) is 2.93. The fourth-order valence-corrected chi connectivity index (χ4v) is 1.77. The average molecular weight is 244 g/mol. The normalized spacial score (nSPS) is 16.1. The van der Waals surface area contributed by atoms with Crippen LogP contribution in [-0.4, -0.2) is 29.2 Å². The summed E-state index contributed by atoms with van der Waals surface area (Å²) in [5.74, 6) is 0. The lowest BCUT2D eigenvalue weighted by Gasteiger charge is -2.38. The van der Waals surface area contributed by atoms with Crippen LogP contribution in [0.1, 0.15) is 12.0 Å². The molecule has 0 aliphatic carbocycles. The van der Waals surface area contributed by atoms with Crippen molar-refractivity contribution in [1.82, 2.24) is 0 Å². The maximum atomic E-state index is 12.8. The van der Waals surface area contributed by atoms with Crippen LogP contribution >= 0.6 is 0 Å². The Balaban J connectivity index is 2.35. The zero-order valence-corrected chi connectivity index (χ0v) is 8.72. The number of nitrogens with zero attached hydrogens (tertiary/aromatic N) is 2. The van der Waals surface area contributed by atoms with Crippen molar-refractivity contribution in [2.24, 2.45) is 0 Å². The predicted molar refractivity (Wildman–Crippen MR) is 56.3 cm³/mol. The van der Waals surface area contributed by atoms with Crippen LogP contribution in [0, 0.1) is 10.1 Å². The molecule has 0 aromatic heterocycles. The molecular formula is C10H10F2N2O3. The SMILES string of the molecule is O=[N+]([O-])c1ccc(N2CC(O)C2)c(C(F)F)c1. The first-order valence-electron chi connectivity index (χ1n) is 4.98. The number of benzene rings is 1. The fourth-order valence-electron chi connectivity index (χ4n) is 1.77. The number of hydrogen-bond acceptors (Lipinski definition) is 4. The van der Waals surface area contributed by atoms with Gasteiger partial charge in [0.1, 0.15) is 0 Å². The number of hydrogen-bond donors (Lipinski definition) is 1. The minimum absolute atomic E-state index is 0.246. The van der Waals surface area contributed by atoms with Crippen LogP contribution in [0.15, 0.2) is 18.2 Å². The topological polar surface area (TPSA) is 66.6 Å². The van der Waals surface area contributed by atoms with Gasteiger partial charge in [0.25, 0.3) is 12.1 Å². The number of nitro benzene ring substituents is 1. The molecule has 1 aliphatic rings. The minimum atomic E-state index is -2.78. The first-order valence-corrected chi connectivity index (χ1v) is 4.98. The fraction of sp³-hybridized carbons (Fsp3) is 0.400. The summed E-state index contributed by atoms with van der Waals surface area (Å²) in [7, 11) is 0. The maximum Gasteiger partial charge on any atom is 0.270 e. The highest BCUT2D eigenvalue weighted by atomic mass is 19.3. The van der Waals surface area contributed by atoms with Gasteiger partial charge in [-0.3, -0.25) is 10.1 Å². The van der Waals surface area contributed by atoms with Gasteiger partial charge in [0.05, 0.1) is 11.0 Å². The number of rotatable bonds is 3. The van der Waals surface area contributed by atoms with Crippen molar-refractivity contribution in [1.29, 1.82) is 0 Å². The van der Waals surface area contributed by atoms with Gasteiger partial charge in [0, 0.05) is 36.5 Å². The van der Waals surface area contributed by atoms with Crippen molar-refractivity contribution in [3.63, 3.8) is 0 Å². The van der Waals surface area contributed by atoms with Gasteiger partial charge in [-0.1, -0.05) is 0 Å². The van der Waals surface area contributed by atoms with Crippen LogP contribution < -0.4 is 4.90 Å². The van der Waals surface area contributed by atoms with E-state index in [1.165, 1.54) is 12.1 Å². The number of non-ortho nitro benzene ring substituents is 1. The summed E-state index contributed by atoms with van der Waals surface area (Å²) in [6.07, 6.45) is -3.29. The van der Waals surface area contributed by atoms with Gasteiger partial charge in [-0.2, -0.15) is 0 Å². The van der Waals surface area contributed by atoms with Crippen LogP contribution in [0.3, 0.4) is 0 Å². The smallest absolute Gasteiger partial charge is 0.270 e. The van der Waals surface area contributed by atoms with E-state index in [-0.39, 0.29) is 30.0 Å². The van der Waals surface area contributed by atoms with Gasteiger partial charge in [0.2, 0.25) is 0 Å². The molecule has 1 aromatic carbocycles. The van der Waals surface area contributed by atoms with Crippen molar-refractivity contribution in [2.45, 2.75) is 12.5 Å². The Labute approximate surface area is 95.4 Å². The van der Waals surface area contributed by atoms with E-state index >= 15 is 0 Å². The summed E-state index contributed by atoms with van der Waals surface area (Å²) < 4.78 is 25.6. The highest BCUT2D eigenvalue weighted by molar-refractivity contribution is 5.60. The summed E-state index contributed by atoms with van der Waals surface area (Å²) in [5.41, 5.74) is -0.480. The molecule has 2 rings (SSSR count). The van der Waals surface area contributed by atoms with E-state index in [0.29, 0.717) is 0 Å². The molecule has 0 saturated carbocycles. The highest BCUT2D eigenvalue weighted by Gasteiger charge is 2.29. The third-order valence-corrected chi connectivity index (χ3v) is 2.66. The summed E-state index contributed by atoms with van der Waals surface area (Å²) in [6.45, 7) is 0.551. The monoisotopic (exact) mass is 244 g/mol. The largest absolute Gasteiger partial charge is 0.389 e. The molecule has 5 nitrogen and oxygen atoms in total. The van der Waals surface area contributed by atoms with Gasteiger partial charge >= 0.3 is 0 Å². The first kappa shape index (κ1) is 11.7. The molecule has 0 bridgehead atoms. The van der Waals surface area contributed by atoms with Gasteiger partial charge in [0.15, 0.2) is 0 Å². The van der Waals surface area contributed by atoms with Crippen LogP contribution in [0.25, 0.3) is 0 Å². The predicted octanol–water partition coefficient (Wildman–Crippen LogP) is 1.71. The molecule has 17 heavy (non-hydrogen) atoms. The summed E-state index contributed by atoms with van der Waals surface area (Å²) in [6, 6.07) is 3.36. The molecule has 0 amide bonds. The number of nitro groups is 1. The number of anilines is 1. The molecule has 0 spiro atoms. The Hall–Kier alpha value is -1.76. The highest BCUT2D eigenvalue weighted by Crippen LogP contribution is 2.34.